The Balaban J connectivity index is 0.00000220. The average Bonchev–Trinajstić information content (AvgIpc) is 2.47. The molecule has 0 heterocycles. The lowest BCUT2D eigenvalue weighted by Crippen LogP contribution is -2.28. The van der Waals surface area contributed by atoms with Gasteiger partial charge in [0.05, 0.1) is 6.54 Å². The van der Waals surface area contributed by atoms with Gasteiger partial charge in [-0.1, -0.05) is 42.5 Å². The smallest absolute Gasteiger partial charge is 0.231 e. The molecular formula is C16H19ClN2O2. The summed E-state index contributed by atoms with van der Waals surface area (Å²) in [5.74, 6) is 0.473. The van der Waals surface area contributed by atoms with Gasteiger partial charge >= 0.3 is 0 Å². The average molecular weight is 307 g/mol. The van der Waals surface area contributed by atoms with Gasteiger partial charge in [0.2, 0.25) is 5.91 Å². The SMILES string of the molecule is Cl.NC(=O)CNCc1ccc(OCc2ccccc2)cc1. The highest BCUT2D eigenvalue weighted by Crippen LogP contribution is 2.14. The van der Waals surface area contributed by atoms with Crippen LogP contribution in [-0.2, 0) is 17.9 Å². The van der Waals surface area contributed by atoms with Crippen molar-refractivity contribution >= 4 is 18.3 Å². The predicted octanol–water partition coefficient (Wildman–Crippen LogP) is 2.26. The maximum atomic E-state index is 10.6. The molecule has 0 atom stereocenters. The highest BCUT2D eigenvalue weighted by atomic mass is 35.5. The number of amides is 1. The van der Waals surface area contributed by atoms with E-state index in [4.69, 9.17) is 10.5 Å². The number of nitrogens with one attached hydrogen (secondary N) is 1. The van der Waals surface area contributed by atoms with Crippen molar-refractivity contribution < 1.29 is 9.53 Å². The maximum Gasteiger partial charge on any atom is 0.231 e. The van der Waals surface area contributed by atoms with Crippen molar-refractivity contribution in [3.63, 3.8) is 0 Å². The Morgan fingerprint density at radius 3 is 2.29 bits per heavy atom. The van der Waals surface area contributed by atoms with Crippen molar-refractivity contribution in [2.75, 3.05) is 6.54 Å². The Morgan fingerprint density at radius 2 is 1.67 bits per heavy atom. The summed E-state index contributed by atoms with van der Waals surface area (Å²) in [4.78, 5) is 10.6. The first-order chi connectivity index (χ1) is 9.74. The van der Waals surface area contributed by atoms with Crippen LogP contribution in [0.4, 0.5) is 0 Å². The van der Waals surface area contributed by atoms with Gasteiger partial charge in [-0.3, -0.25) is 4.79 Å². The molecule has 112 valence electrons. The fourth-order valence-corrected chi connectivity index (χ4v) is 1.77. The van der Waals surface area contributed by atoms with E-state index in [2.05, 4.69) is 5.32 Å². The second-order valence-corrected chi connectivity index (χ2v) is 4.49. The molecule has 0 radical (unpaired) electrons. The van der Waals surface area contributed by atoms with E-state index < -0.39 is 0 Å². The first-order valence-electron chi connectivity index (χ1n) is 6.49. The number of benzene rings is 2. The molecule has 0 aliphatic heterocycles. The summed E-state index contributed by atoms with van der Waals surface area (Å²) < 4.78 is 5.70. The Labute approximate surface area is 130 Å². The normalized spacial score (nSPS) is 9.71. The molecule has 2 rings (SSSR count). The second kappa shape index (κ2) is 9.00. The van der Waals surface area contributed by atoms with Crippen LogP contribution < -0.4 is 15.8 Å². The van der Waals surface area contributed by atoms with Crippen LogP contribution in [0.2, 0.25) is 0 Å². The van der Waals surface area contributed by atoms with Crippen LogP contribution in [0.1, 0.15) is 11.1 Å². The number of carbonyl (C=O) groups excluding carboxylic acids is 1. The zero-order valence-electron chi connectivity index (χ0n) is 11.6. The molecule has 0 aliphatic rings. The van der Waals surface area contributed by atoms with Crippen molar-refractivity contribution in [2.24, 2.45) is 5.73 Å². The monoisotopic (exact) mass is 306 g/mol. The minimum absolute atomic E-state index is 0. The molecule has 0 saturated heterocycles. The number of hydrogen-bond donors (Lipinski definition) is 2. The highest BCUT2D eigenvalue weighted by Gasteiger charge is 1.98. The van der Waals surface area contributed by atoms with Crippen LogP contribution in [-0.4, -0.2) is 12.5 Å². The van der Waals surface area contributed by atoms with Crippen molar-refractivity contribution in [3.8, 4) is 5.75 Å². The van der Waals surface area contributed by atoms with Crippen LogP contribution in [0.3, 0.4) is 0 Å². The van der Waals surface area contributed by atoms with E-state index >= 15 is 0 Å². The summed E-state index contributed by atoms with van der Waals surface area (Å²) in [6, 6.07) is 17.8. The van der Waals surface area contributed by atoms with Gasteiger partial charge in [0.15, 0.2) is 0 Å². The predicted molar refractivity (Wildman–Crippen MR) is 85.4 cm³/mol. The first kappa shape index (κ1) is 17.0. The zero-order valence-corrected chi connectivity index (χ0v) is 12.4. The summed E-state index contributed by atoms with van der Waals surface area (Å²) in [6.07, 6.45) is 0. The lowest BCUT2D eigenvalue weighted by molar-refractivity contribution is -0.117. The summed E-state index contributed by atoms with van der Waals surface area (Å²) >= 11 is 0. The number of rotatable bonds is 7. The molecule has 1 amide bonds. The van der Waals surface area contributed by atoms with Gasteiger partial charge in [0.25, 0.3) is 0 Å². The molecule has 3 N–H and O–H groups in total. The van der Waals surface area contributed by atoms with Crippen molar-refractivity contribution in [2.45, 2.75) is 13.2 Å². The van der Waals surface area contributed by atoms with Gasteiger partial charge in [-0.15, -0.1) is 12.4 Å². The number of hydrogen-bond acceptors (Lipinski definition) is 3. The highest BCUT2D eigenvalue weighted by molar-refractivity contribution is 5.85. The van der Waals surface area contributed by atoms with Crippen LogP contribution in [0.25, 0.3) is 0 Å². The molecule has 4 nitrogen and oxygen atoms in total. The van der Waals surface area contributed by atoms with Crippen LogP contribution in [0.5, 0.6) is 5.75 Å². The first-order valence-corrected chi connectivity index (χ1v) is 6.49. The molecule has 21 heavy (non-hydrogen) atoms. The molecule has 0 spiro atoms. The number of primary amides is 1. The van der Waals surface area contributed by atoms with E-state index in [1.807, 2.05) is 54.6 Å². The molecule has 0 unspecified atom stereocenters. The fraction of sp³-hybridized carbons (Fsp3) is 0.188. The van der Waals surface area contributed by atoms with Gasteiger partial charge in [-0.25, -0.2) is 0 Å². The number of halogens is 1. The Hall–Kier alpha value is -2.04. The summed E-state index contributed by atoms with van der Waals surface area (Å²) in [5.41, 5.74) is 7.27. The van der Waals surface area contributed by atoms with E-state index in [0.717, 1.165) is 16.9 Å². The third-order valence-electron chi connectivity index (χ3n) is 2.80. The van der Waals surface area contributed by atoms with Gasteiger partial charge in [-0.05, 0) is 23.3 Å². The molecule has 0 bridgehead atoms. The van der Waals surface area contributed by atoms with Crippen LogP contribution in [0.15, 0.2) is 54.6 Å². The Morgan fingerprint density at radius 1 is 1.00 bits per heavy atom. The number of ether oxygens (including phenoxy) is 1. The topological polar surface area (TPSA) is 64.4 Å². The van der Waals surface area contributed by atoms with Crippen molar-refractivity contribution in [1.82, 2.24) is 5.32 Å². The third kappa shape index (κ3) is 6.29. The van der Waals surface area contributed by atoms with Gasteiger partial charge in [0.1, 0.15) is 12.4 Å². The van der Waals surface area contributed by atoms with Crippen LogP contribution in [0, 0.1) is 0 Å². The molecule has 2 aromatic carbocycles. The van der Waals surface area contributed by atoms with Gasteiger partial charge < -0.3 is 15.8 Å². The summed E-state index contributed by atoms with van der Waals surface area (Å²) in [5, 5.41) is 2.96. The zero-order chi connectivity index (χ0) is 14.2. The lowest BCUT2D eigenvalue weighted by atomic mass is 10.2. The second-order valence-electron chi connectivity index (χ2n) is 4.49. The standard InChI is InChI=1S/C16H18N2O2.ClH/c17-16(19)11-18-10-13-6-8-15(9-7-13)20-12-14-4-2-1-3-5-14;/h1-9,18H,10-12H2,(H2,17,19);1H. The Kier molecular flexibility index (Phi) is 7.29. The molecule has 0 aromatic heterocycles. The molecule has 0 saturated carbocycles. The summed E-state index contributed by atoms with van der Waals surface area (Å²) in [6.45, 7) is 1.36. The quantitative estimate of drug-likeness (QED) is 0.824. The fourth-order valence-electron chi connectivity index (χ4n) is 1.77. The summed E-state index contributed by atoms with van der Waals surface area (Å²) in [7, 11) is 0. The third-order valence-corrected chi connectivity index (χ3v) is 2.80. The van der Waals surface area contributed by atoms with E-state index in [-0.39, 0.29) is 24.9 Å². The van der Waals surface area contributed by atoms with E-state index in [1.54, 1.807) is 0 Å². The Bertz CT molecular complexity index is 544. The van der Waals surface area contributed by atoms with Crippen LogP contribution >= 0.6 is 12.4 Å². The largest absolute Gasteiger partial charge is 0.489 e. The maximum absolute atomic E-state index is 10.6. The molecular weight excluding hydrogens is 288 g/mol. The van der Waals surface area contributed by atoms with Gasteiger partial charge in [-0.2, -0.15) is 0 Å². The number of carbonyl (C=O) groups is 1. The lowest BCUT2D eigenvalue weighted by Gasteiger charge is -2.07. The van der Waals surface area contributed by atoms with Gasteiger partial charge in [0, 0.05) is 6.54 Å². The molecule has 0 fully saturated rings. The number of nitrogens with two attached hydrogens (primary N) is 1. The van der Waals surface area contributed by atoms with E-state index in [0.29, 0.717) is 13.2 Å². The van der Waals surface area contributed by atoms with E-state index in [9.17, 15) is 4.79 Å². The minimum atomic E-state index is -0.354. The van der Waals surface area contributed by atoms with Crippen molar-refractivity contribution in [1.29, 1.82) is 0 Å². The van der Waals surface area contributed by atoms with Crippen molar-refractivity contribution in [3.05, 3.63) is 65.7 Å². The minimum Gasteiger partial charge on any atom is -0.489 e. The molecule has 5 heteroatoms. The van der Waals surface area contributed by atoms with E-state index in [1.165, 1.54) is 0 Å². The molecule has 0 aliphatic carbocycles. The molecule has 2 aromatic rings.